The second kappa shape index (κ2) is 5.30. The zero-order valence-electron chi connectivity index (χ0n) is 14.1. The Bertz CT molecular complexity index is 733. The van der Waals surface area contributed by atoms with Crippen LogP contribution in [0, 0.1) is 0 Å². The number of hydrogen-bond acceptors (Lipinski definition) is 5. The fourth-order valence-electron chi connectivity index (χ4n) is 3.68. The Labute approximate surface area is 137 Å². The molecule has 0 saturated carbocycles. The zero-order chi connectivity index (χ0) is 17.8. The molecule has 1 aliphatic heterocycles. The molecule has 0 spiro atoms. The summed E-state index contributed by atoms with van der Waals surface area (Å²) in [6.07, 6.45) is -2.92. The molecule has 3 heterocycles. The number of aromatic nitrogens is 4. The molecule has 0 amide bonds. The Morgan fingerprint density at radius 1 is 1.12 bits per heavy atom. The number of nitrogens with zero attached hydrogens (tertiary/aromatic N) is 4. The molecule has 9 heteroatoms. The molecular weight excluding hydrogens is 321 g/mol. The summed E-state index contributed by atoms with van der Waals surface area (Å²) in [5.74, 6) is -0.738. The quantitative estimate of drug-likeness (QED) is 0.878. The lowest BCUT2D eigenvalue weighted by Gasteiger charge is -2.46. The number of nitrogens with one attached hydrogen (secondary N) is 2. The normalized spacial score (nSPS) is 21.1. The number of rotatable bonds is 2. The van der Waals surface area contributed by atoms with Gasteiger partial charge in [0.2, 0.25) is 0 Å². The monoisotopic (exact) mass is 342 g/mol. The van der Waals surface area contributed by atoms with Gasteiger partial charge in [0.15, 0.2) is 5.65 Å². The Balaban J connectivity index is 1.88. The maximum absolute atomic E-state index is 13.0. The maximum atomic E-state index is 13.0. The van der Waals surface area contributed by atoms with Crippen molar-refractivity contribution in [2.75, 3.05) is 5.32 Å². The van der Waals surface area contributed by atoms with Gasteiger partial charge in [0.1, 0.15) is 5.82 Å². The molecule has 0 aliphatic carbocycles. The van der Waals surface area contributed by atoms with Crippen molar-refractivity contribution in [2.24, 2.45) is 0 Å². The molecule has 2 aromatic rings. The van der Waals surface area contributed by atoms with E-state index in [4.69, 9.17) is 0 Å². The molecular formula is C15H21F3N6. The lowest BCUT2D eigenvalue weighted by molar-refractivity contribution is -0.146. The Morgan fingerprint density at radius 2 is 1.75 bits per heavy atom. The van der Waals surface area contributed by atoms with E-state index in [1.54, 1.807) is 6.07 Å². The average molecular weight is 342 g/mol. The van der Waals surface area contributed by atoms with Crippen LogP contribution in [0.15, 0.2) is 12.1 Å². The molecule has 132 valence electrons. The number of halogens is 3. The van der Waals surface area contributed by atoms with Gasteiger partial charge < -0.3 is 10.6 Å². The first kappa shape index (κ1) is 16.9. The summed E-state index contributed by atoms with van der Waals surface area (Å²) in [6, 6.07) is 3.22. The summed E-state index contributed by atoms with van der Waals surface area (Å²) < 4.78 is 39.6. The van der Waals surface area contributed by atoms with Gasteiger partial charge in [-0.1, -0.05) is 0 Å². The van der Waals surface area contributed by atoms with Crippen molar-refractivity contribution in [3.63, 3.8) is 0 Å². The Kier molecular flexibility index (Phi) is 3.74. The van der Waals surface area contributed by atoms with Crippen molar-refractivity contribution in [1.82, 2.24) is 25.1 Å². The topological polar surface area (TPSA) is 67.1 Å². The van der Waals surface area contributed by atoms with E-state index in [9.17, 15) is 13.2 Å². The van der Waals surface area contributed by atoms with Gasteiger partial charge in [-0.25, -0.2) is 0 Å². The van der Waals surface area contributed by atoms with Crippen LogP contribution in [0.3, 0.4) is 0 Å². The molecule has 2 N–H and O–H groups in total. The van der Waals surface area contributed by atoms with Crippen molar-refractivity contribution in [2.45, 2.75) is 63.8 Å². The lowest BCUT2D eigenvalue weighted by atomic mass is 9.79. The van der Waals surface area contributed by atoms with Crippen LogP contribution in [-0.2, 0) is 6.18 Å². The number of hydrogen-bond donors (Lipinski definition) is 2. The van der Waals surface area contributed by atoms with E-state index in [0.29, 0.717) is 5.82 Å². The molecule has 0 bridgehead atoms. The predicted molar refractivity (Wildman–Crippen MR) is 83.7 cm³/mol. The largest absolute Gasteiger partial charge is 0.453 e. The third-order valence-corrected chi connectivity index (χ3v) is 4.06. The molecule has 1 aliphatic rings. The van der Waals surface area contributed by atoms with E-state index in [1.165, 1.54) is 6.07 Å². The molecule has 0 aromatic carbocycles. The summed E-state index contributed by atoms with van der Waals surface area (Å²) in [5.41, 5.74) is -0.0761. The standard InChI is InChI=1S/C15H21F3N6/c1-13(2)7-9(8-14(3,4)23-13)19-10-5-6-11-20-21-12(15(16,17)18)24(11)22-10/h5-6,9,23H,7-8H2,1-4H3,(H,19,22). The van der Waals surface area contributed by atoms with Gasteiger partial charge >= 0.3 is 6.18 Å². The van der Waals surface area contributed by atoms with Crippen LogP contribution in [0.4, 0.5) is 19.0 Å². The van der Waals surface area contributed by atoms with Gasteiger partial charge in [-0.05, 0) is 52.7 Å². The van der Waals surface area contributed by atoms with E-state index in [0.717, 1.165) is 17.4 Å². The highest BCUT2D eigenvalue weighted by atomic mass is 19.4. The van der Waals surface area contributed by atoms with Crippen LogP contribution in [0.1, 0.15) is 46.4 Å². The number of alkyl halides is 3. The van der Waals surface area contributed by atoms with Crippen LogP contribution >= 0.6 is 0 Å². The lowest BCUT2D eigenvalue weighted by Crippen LogP contribution is -2.60. The first-order valence-corrected chi connectivity index (χ1v) is 7.81. The predicted octanol–water partition coefficient (Wildman–Crippen LogP) is 2.86. The Morgan fingerprint density at radius 3 is 2.33 bits per heavy atom. The summed E-state index contributed by atoms with van der Waals surface area (Å²) >= 11 is 0. The molecule has 1 fully saturated rings. The first-order valence-electron chi connectivity index (χ1n) is 7.81. The third-order valence-electron chi connectivity index (χ3n) is 4.06. The molecule has 0 atom stereocenters. The summed E-state index contributed by atoms with van der Waals surface area (Å²) in [4.78, 5) is 0. The fourth-order valence-corrected chi connectivity index (χ4v) is 3.68. The van der Waals surface area contributed by atoms with Gasteiger partial charge in [0.05, 0.1) is 0 Å². The van der Waals surface area contributed by atoms with Gasteiger partial charge in [0, 0.05) is 17.1 Å². The van der Waals surface area contributed by atoms with Gasteiger partial charge in [0.25, 0.3) is 5.82 Å². The number of anilines is 1. The molecule has 0 radical (unpaired) electrons. The van der Waals surface area contributed by atoms with Gasteiger partial charge in [-0.3, -0.25) is 0 Å². The fraction of sp³-hybridized carbons (Fsp3) is 0.667. The molecule has 3 rings (SSSR count). The molecule has 2 aromatic heterocycles. The van der Waals surface area contributed by atoms with Crippen molar-refractivity contribution in [3.8, 4) is 0 Å². The maximum Gasteiger partial charge on any atom is 0.453 e. The van der Waals surface area contributed by atoms with Crippen molar-refractivity contribution >= 4 is 11.5 Å². The summed E-state index contributed by atoms with van der Waals surface area (Å²) in [6.45, 7) is 8.45. The van der Waals surface area contributed by atoms with E-state index in [-0.39, 0.29) is 22.8 Å². The van der Waals surface area contributed by atoms with Crippen LogP contribution in [0.5, 0.6) is 0 Å². The third kappa shape index (κ3) is 3.45. The van der Waals surface area contributed by atoms with Crippen LogP contribution in [0.2, 0.25) is 0 Å². The van der Waals surface area contributed by atoms with Gasteiger partial charge in [-0.2, -0.15) is 17.7 Å². The minimum atomic E-state index is -4.59. The van der Waals surface area contributed by atoms with E-state index in [2.05, 4.69) is 53.6 Å². The SMILES string of the molecule is CC1(C)CC(Nc2ccc3nnc(C(F)(F)F)n3n2)CC(C)(C)N1. The van der Waals surface area contributed by atoms with Gasteiger partial charge in [-0.15, -0.1) is 15.3 Å². The smallest absolute Gasteiger partial charge is 0.366 e. The zero-order valence-corrected chi connectivity index (χ0v) is 14.1. The van der Waals surface area contributed by atoms with Crippen molar-refractivity contribution < 1.29 is 13.2 Å². The Hall–Kier alpha value is -1.90. The minimum absolute atomic E-state index is 0.0684. The molecule has 1 saturated heterocycles. The van der Waals surface area contributed by atoms with Crippen molar-refractivity contribution in [3.05, 3.63) is 18.0 Å². The van der Waals surface area contributed by atoms with Crippen molar-refractivity contribution in [1.29, 1.82) is 0 Å². The highest BCUT2D eigenvalue weighted by molar-refractivity contribution is 5.45. The minimum Gasteiger partial charge on any atom is -0.366 e. The summed E-state index contributed by atoms with van der Waals surface area (Å²) in [5, 5.41) is 17.6. The van der Waals surface area contributed by atoms with E-state index >= 15 is 0 Å². The molecule has 24 heavy (non-hydrogen) atoms. The van der Waals surface area contributed by atoms with Crippen LogP contribution < -0.4 is 10.6 Å². The highest BCUT2D eigenvalue weighted by Gasteiger charge is 2.39. The number of piperidine rings is 1. The summed E-state index contributed by atoms with van der Waals surface area (Å²) in [7, 11) is 0. The first-order chi connectivity index (χ1) is 11.0. The van der Waals surface area contributed by atoms with E-state index in [1.807, 2.05) is 0 Å². The average Bonchev–Trinajstić information content (AvgIpc) is 2.77. The second-order valence-corrected chi connectivity index (χ2v) is 7.65. The van der Waals surface area contributed by atoms with E-state index < -0.39 is 12.0 Å². The second-order valence-electron chi connectivity index (χ2n) is 7.65. The highest BCUT2D eigenvalue weighted by Crippen LogP contribution is 2.31. The number of fused-ring (bicyclic) bond motifs is 1. The molecule has 6 nitrogen and oxygen atoms in total. The van der Waals surface area contributed by atoms with Crippen LogP contribution in [-0.4, -0.2) is 36.9 Å². The molecule has 0 unspecified atom stereocenters. The van der Waals surface area contributed by atoms with Crippen LogP contribution in [0.25, 0.3) is 5.65 Å².